The highest BCUT2D eigenvalue weighted by atomic mass is 16.6. The molecule has 8 nitrogen and oxygen atoms in total. The zero-order valence-corrected chi connectivity index (χ0v) is 14.7. The van der Waals surface area contributed by atoms with Crippen LogP contribution in [0.1, 0.15) is 15.9 Å². The minimum absolute atomic E-state index is 0.0902. The normalized spacial score (nSPS) is 10.8. The van der Waals surface area contributed by atoms with Crippen LogP contribution in [0.2, 0.25) is 0 Å². The Balaban J connectivity index is 1.54. The maximum atomic E-state index is 12.4. The van der Waals surface area contributed by atoms with Crippen LogP contribution in [-0.2, 0) is 0 Å². The molecule has 8 heteroatoms. The van der Waals surface area contributed by atoms with Gasteiger partial charge in [0, 0.05) is 34.6 Å². The fourth-order valence-electron chi connectivity index (χ4n) is 2.74. The van der Waals surface area contributed by atoms with E-state index in [1.807, 2.05) is 0 Å². The van der Waals surface area contributed by atoms with E-state index >= 15 is 0 Å². The number of anilines is 1. The van der Waals surface area contributed by atoms with E-state index < -0.39 is 10.8 Å². The molecule has 0 saturated carbocycles. The van der Waals surface area contributed by atoms with Gasteiger partial charge < -0.3 is 9.73 Å². The molecule has 0 aliphatic heterocycles. The predicted octanol–water partition coefficient (Wildman–Crippen LogP) is 4.36. The number of amides is 1. The molecule has 0 unspecified atom stereocenters. The third-order valence-electron chi connectivity index (χ3n) is 4.22. The lowest BCUT2D eigenvalue weighted by Gasteiger charge is -2.06. The van der Waals surface area contributed by atoms with Gasteiger partial charge in [-0.2, -0.15) is 4.98 Å². The number of hydrogen-bond acceptors (Lipinski definition) is 6. The van der Waals surface area contributed by atoms with Crippen LogP contribution in [0.5, 0.6) is 0 Å². The summed E-state index contributed by atoms with van der Waals surface area (Å²) in [6.45, 7) is 1.63. The number of hydrogen-bond donors (Lipinski definition) is 1. The van der Waals surface area contributed by atoms with Crippen LogP contribution >= 0.6 is 0 Å². The lowest BCUT2D eigenvalue weighted by atomic mass is 10.1. The van der Waals surface area contributed by atoms with Crippen molar-refractivity contribution in [2.24, 2.45) is 0 Å². The molecule has 2 aromatic heterocycles. The molecule has 4 aromatic rings. The Kier molecular flexibility index (Phi) is 4.29. The monoisotopic (exact) mass is 374 g/mol. The van der Waals surface area contributed by atoms with Crippen LogP contribution in [0.4, 0.5) is 11.4 Å². The summed E-state index contributed by atoms with van der Waals surface area (Å²) >= 11 is 0. The molecule has 0 aliphatic carbocycles. The van der Waals surface area contributed by atoms with E-state index in [0.29, 0.717) is 28.4 Å². The Morgan fingerprint density at radius 2 is 1.93 bits per heavy atom. The summed E-state index contributed by atoms with van der Waals surface area (Å²) in [6, 6.07) is 14.9. The van der Waals surface area contributed by atoms with E-state index in [4.69, 9.17) is 4.42 Å². The number of rotatable bonds is 4. The van der Waals surface area contributed by atoms with Crippen LogP contribution in [0.15, 0.2) is 65.2 Å². The van der Waals surface area contributed by atoms with Gasteiger partial charge in [0.05, 0.1) is 4.92 Å². The maximum absolute atomic E-state index is 12.4. The first-order valence-corrected chi connectivity index (χ1v) is 8.39. The standard InChI is InChI=1S/C20H14N4O4/c1-12-4-5-14(11-16(12)24(26)27)19(25)22-15-8-6-13(7-9-15)20-23-18-17(28-20)3-2-10-21-18/h2-11H,1H3,(H,22,25). The molecule has 0 atom stereocenters. The highest BCUT2D eigenvalue weighted by Crippen LogP contribution is 2.25. The van der Waals surface area contributed by atoms with Crippen LogP contribution < -0.4 is 5.32 Å². The number of fused-ring (bicyclic) bond motifs is 1. The third-order valence-corrected chi connectivity index (χ3v) is 4.22. The van der Waals surface area contributed by atoms with Crippen molar-refractivity contribution in [1.29, 1.82) is 0 Å². The minimum atomic E-state index is -0.504. The molecule has 1 N–H and O–H groups in total. The van der Waals surface area contributed by atoms with Gasteiger partial charge in [-0.05, 0) is 49.4 Å². The number of nitrogens with zero attached hydrogens (tertiary/aromatic N) is 3. The molecule has 0 spiro atoms. The molecule has 138 valence electrons. The summed E-state index contributed by atoms with van der Waals surface area (Å²) in [6.07, 6.45) is 1.64. The third kappa shape index (κ3) is 3.30. The van der Waals surface area contributed by atoms with Gasteiger partial charge in [0.25, 0.3) is 11.6 Å². The summed E-state index contributed by atoms with van der Waals surface area (Å²) in [4.78, 5) is 31.4. The topological polar surface area (TPSA) is 111 Å². The van der Waals surface area contributed by atoms with Gasteiger partial charge in [-0.25, -0.2) is 4.98 Å². The van der Waals surface area contributed by atoms with Gasteiger partial charge >= 0.3 is 0 Å². The molecular formula is C20H14N4O4. The number of nitrogens with one attached hydrogen (secondary N) is 1. The number of nitro groups is 1. The lowest BCUT2D eigenvalue weighted by molar-refractivity contribution is -0.385. The lowest BCUT2D eigenvalue weighted by Crippen LogP contribution is -2.12. The van der Waals surface area contributed by atoms with Crippen molar-refractivity contribution in [2.75, 3.05) is 5.32 Å². The fourth-order valence-corrected chi connectivity index (χ4v) is 2.74. The molecule has 1 amide bonds. The molecule has 2 heterocycles. The maximum Gasteiger partial charge on any atom is 0.273 e. The molecule has 0 radical (unpaired) electrons. The number of aryl methyl sites for hydroxylation is 1. The smallest absolute Gasteiger partial charge is 0.273 e. The summed E-state index contributed by atoms with van der Waals surface area (Å²) in [5, 5.41) is 13.8. The average Bonchev–Trinajstić information content (AvgIpc) is 3.13. The predicted molar refractivity (Wildman–Crippen MR) is 103 cm³/mol. The van der Waals surface area contributed by atoms with Crippen molar-refractivity contribution in [3.8, 4) is 11.5 Å². The van der Waals surface area contributed by atoms with Crippen molar-refractivity contribution in [3.05, 3.63) is 82.0 Å². The molecule has 4 rings (SSSR count). The van der Waals surface area contributed by atoms with Gasteiger partial charge in [0.15, 0.2) is 11.2 Å². The SMILES string of the molecule is Cc1ccc(C(=O)Nc2ccc(-c3nc4ncccc4o3)cc2)cc1[N+](=O)[O-]. The Bertz CT molecular complexity index is 1170. The first kappa shape index (κ1) is 17.3. The highest BCUT2D eigenvalue weighted by Gasteiger charge is 2.15. The van der Waals surface area contributed by atoms with E-state index in [1.165, 1.54) is 6.07 Å². The number of benzene rings is 2. The van der Waals surface area contributed by atoms with Crippen molar-refractivity contribution in [2.45, 2.75) is 6.92 Å². The summed E-state index contributed by atoms with van der Waals surface area (Å²) < 4.78 is 5.67. The van der Waals surface area contributed by atoms with Crippen LogP contribution in [0, 0.1) is 17.0 Å². The van der Waals surface area contributed by atoms with Crippen molar-refractivity contribution >= 4 is 28.5 Å². The molecule has 2 aromatic carbocycles. The molecule has 0 aliphatic rings. The number of carbonyl (C=O) groups excluding carboxylic acids is 1. The quantitative estimate of drug-likeness (QED) is 0.420. The Hall–Kier alpha value is -4.07. The number of oxazole rings is 1. The zero-order chi connectivity index (χ0) is 19.7. The van der Waals surface area contributed by atoms with Crippen LogP contribution in [0.3, 0.4) is 0 Å². The first-order valence-electron chi connectivity index (χ1n) is 8.39. The Morgan fingerprint density at radius 3 is 2.64 bits per heavy atom. The van der Waals surface area contributed by atoms with E-state index in [1.54, 1.807) is 61.7 Å². The van der Waals surface area contributed by atoms with Gasteiger partial charge in [0.1, 0.15) is 0 Å². The Labute approximate surface area is 159 Å². The minimum Gasteiger partial charge on any atom is -0.434 e. The molecule has 0 bridgehead atoms. The van der Waals surface area contributed by atoms with Gasteiger partial charge in [-0.1, -0.05) is 6.07 Å². The molecule has 0 fully saturated rings. The van der Waals surface area contributed by atoms with Crippen molar-refractivity contribution < 1.29 is 14.1 Å². The average molecular weight is 374 g/mol. The first-order chi connectivity index (χ1) is 13.5. The number of nitro benzene ring substituents is 1. The van der Waals surface area contributed by atoms with Crippen molar-refractivity contribution in [1.82, 2.24) is 9.97 Å². The zero-order valence-electron chi connectivity index (χ0n) is 14.7. The van der Waals surface area contributed by atoms with Crippen LogP contribution in [0.25, 0.3) is 22.7 Å². The summed E-state index contributed by atoms with van der Waals surface area (Å²) in [5.41, 5.74) is 3.03. The van der Waals surface area contributed by atoms with Crippen molar-refractivity contribution in [3.63, 3.8) is 0 Å². The largest absolute Gasteiger partial charge is 0.434 e. The van der Waals surface area contributed by atoms with Gasteiger partial charge in [-0.15, -0.1) is 0 Å². The summed E-state index contributed by atoms with van der Waals surface area (Å²) in [5.74, 6) is 0.00245. The van der Waals surface area contributed by atoms with Gasteiger partial charge in [0.2, 0.25) is 5.89 Å². The second-order valence-electron chi connectivity index (χ2n) is 6.13. The summed E-state index contributed by atoms with van der Waals surface area (Å²) in [7, 11) is 0. The van der Waals surface area contributed by atoms with E-state index in [-0.39, 0.29) is 11.3 Å². The number of pyridine rings is 1. The van der Waals surface area contributed by atoms with E-state index in [0.717, 1.165) is 5.56 Å². The highest BCUT2D eigenvalue weighted by molar-refractivity contribution is 6.04. The fraction of sp³-hybridized carbons (Fsp3) is 0.0500. The Morgan fingerprint density at radius 1 is 1.14 bits per heavy atom. The number of carbonyl (C=O) groups is 1. The van der Waals surface area contributed by atoms with E-state index in [9.17, 15) is 14.9 Å². The molecule has 0 saturated heterocycles. The van der Waals surface area contributed by atoms with Crippen LogP contribution in [-0.4, -0.2) is 20.8 Å². The number of aromatic nitrogens is 2. The molecular weight excluding hydrogens is 360 g/mol. The molecule has 28 heavy (non-hydrogen) atoms. The van der Waals surface area contributed by atoms with E-state index in [2.05, 4.69) is 15.3 Å². The van der Waals surface area contributed by atoms with Gasteiger partial charge in [-0.3, -0.25) is 14.9 Å². The second-order valence-corrected chi connectivity index (χ2v) is 6.13. The second kappa shape index (κ2) is 6.92.